The summed E-state index contributed by atoms with van der Waals surface area (Å²) in [5.41, 5.74) is 1.12. The maximum atomic E-state index is 11.2. The Morgan fingerprint density at radius 2 is 2.24 bits per heavy atom. The number of nitrogens with zero attached hydrogens (tertiary/aromatic N) is 1. The second-order valence-corrected chi connectivity index (χ2v) is 6.12. The van der Waals surface area contributed by atoms with Crippen LogP contribution in [0.4, 0.5) is 5.69 Å². The van der Waals surface area contributed by atoms with Crippen LogP contribution < -0.4 is 4.90 Å². The molecule has 2 unspecified atom stereocenters. The number of rotatable bonds is 2. The first-order chi connectivity index (χ1) is 8.04. The first-order valence-electron chi connectivity index (χ1n) is 5.35. The summed E-state index contributed by atoms with van der Waals surface area (Å²) in [6.45, 7) is 1.96. The van der Waals surface area contributed by atoms with Gasteiger partial charge in [0.1, 0.15) is 5.25 Å². The lowest BCUT2D eigenvalue weighted by molar-refractivity contribution is -0.136. The molecule has 3 nitrogen and oxygen atoms in total. The average Bonchev–Trinajstić information content (AvgIpc) is 2.32. The quantitative estimate of drug-likeness (QED) is 0.836. The molecule has 0 aliphatic carbocycles. The van der Waals surface area contributed by atoms with Crippen molar-refractivity contribution < 1.29 is 9.90 Å². The highest BCUT2D eigenvalue weighted by atomic mass is 32.2. The number of carboxylic acid groups (broad SMARTS) is 1. The van der Waals surface area contributed by atoms with E-state index in [2.05, 4.69) is 23.1 Å². The smallest absolute Gasteiger partial charge is 0.319 e. The zero-order valence-electron chi connectivity index (χ0n) is 10.0. The fourth-order valence-corrected chi connectivity index (χ4v) is 3.72. The number of carbonyl (C=O) groups is 1. The number of hydrogen-bond donors (Lipinski definition) is 1. The molecule has 1 heterocycles. The molecular weight excluding hydrogens is 254 g/mol. The van der Waals surface area contributed by atoms with Crippen LogP contribution in [0.15, 0.2) is 28.0 Å². The minimum atomic E-state index is -0.741. The number of thioether (sulfide) groups is 2. The summed E-state index contributed by atoms with van der Waals surface area (Å²) in [5, 5.41) is 8.83. The Balaban J connectivity index is 2.42. The molecule has 1 N–H and O–H groups in total. The van der Waals surface area contributed by atoms with Gasteiger partial charge in [0.15, 0.2) is 0 Å². The van der Waals surface area contributed by atoms with Crippen molar-refractivity contribution in [2.75, 3.05) is 18.2 Å². The lowest BCUT2D eigenvalue weighted by atomic mass is 10.1. The van der Waals surface area contributed by atoms with E-state index in [1.54, 1.807) is 11.8 Å². The molecule has 0 amide bonds. The minimum absolute atomic E-state index is 0.00475. The van der Waals surface area contributed by atoms with Crippen molar-refractivity contribution in [2.45, 2.75) is 28.0 Å². The van der Waals surface area contributed by atoms with Gasteiger partial charge in [-0.15, -0.1) is 23.5 Å². The maximum absolute atomic E-state index is 11.2. The van der Waals surface area contributed by atoms with Crippen molar-refractivity contribution in [1.82, 2.24) is 0 Å². The van der Waals surface area contributed by atoms with E-state index < -0.39 is 11.2 Å². The lowest BCUT2D eigenvalue weighted by Crippen LogP contribution is -2.44. The zero-order chi connectivity index (χ0) is 12.6. The average molecular weight is 269 g/mol. The number of carboxylic acids is 1. The summed E-state index contributed by atoms with van der Waals surface area (Å²) >= 11 is 3.13. The van der Waals surface area contributed by atoms with E-state index in [1.807, 2.05) is 20.2 Å². The molecule has 1 aromatic carbocycles. The van der Waals surface area contributed by atoms with E-state index >= 15 is 0 Å². The van der Waals surface area contributed by atoms with Gasteiger partial charge in [0.05, 0.1) is 5.69 Å². The molecule has 2 rings (SSSR count). The predicted octanol–water partition coefficient (Wildman–Crippen LogP) is 2.79. The fourth-order valence-electron chi connectivity index (χ4n) is 1.92. The van der Waals surface area contributed by atoms with Crippen LogP contribution in [0.25, 0.3) is 0 Å². The highest BCUT2D eigenvalue weighted by molar-refractivity contribution is 8.01. The van der Waals surface area contributed by atoms with E-state index in [0.29, 0.717) is 0 Å². The summed E-state index contributed by atoms with van der Waals surface area (Å²) in [5.74, 6) is -0.741. The summed E-state index contributed by atoms with van der Waals surface area (Å²) in [7, 11) is 1.96. The number of hydrogen-bond acceptors (Lipinski definition) is 4. The van der Waals surface area contributed by atoms with Gasteiger partial charge in [-0.05, 0) is 31.4 Å². The van der Waals surface area contributed by atoms with E-state index in [4.69, 9.17) is 0 Å². The SMILES string of the molecule is CSc1ccc2c(c1)SC(C(=O)O)C(C)N2C. The minimum Gasteiger partial charge on any atom is -0.480 e. The summed E-state index contributed by atoms with van der Waals surface area (Å²) in [4.78, 5) is 15.5. The Morgan fingerprint density at radius 3 is 2.82 bits per heavy atom. The Labute approximate surface area is 110 Å². The third-order valence-corrected chi connectivity index (χ3v) is 5.25. The van der Waals surface area contributed by atoms with Crippen LogP contribution in [0.1, 0.15) is 6.92 Å². The first-order valence-corrected chi connectivity index (χ1v) is 7.45. The van der Waals surface area contributed by atoms with Crippen molar-refractivity contribution in [3.8, 4) is 0 Å². The summed E-state index contributed by atoms with van der Waals surface area (Å²) in [6, 6.07) is 6.23. The second-order valence-electron chi connectivity index (χ2n) is 4.06. The fraction of sp³-hybridized carbons (Fsp3) is 0.417. The molecule has 0 saturated carbocycles. The molecule has 1 aliphatic rings. The van der Waals surface area contributed by atoms with Crippen LogP contribution in [0.2, 0.25) is 0 Å². The van der Waals surface area contributed by atoms with Gasteiger partial charge in [0.2, 0.25) is 0 Å². The Bertz CT molecular complexity index is 450. The molecule has 2 atom stereocenters. The number of anilines is 1. The normalized spacial score (nSPS) is 23.4. The van der Waals surface area contributed by atoms with Crippen LogP contribution in [0.5, 0.6) is 0 Å². The molecule has 0 spiro atoms. The summed E-state index contributed by atoms with van der Waals surface area (Å²) < 4.78 is 0. The molecule has 0 radical (unpaired) electrons. The molecule has 0 aromatic heterocycles. The van der Waals surface area contributed by atoms with Crippen LogP contribution in [0.3, 0.4) is 0 Å². The van der Waals surface area contributed by atoms with E-state index in [-0.39, 0.29) is 6.04 Å². The number of fused-ring (bicyclic) bond motifs is 1. The van der Waals surface area contributed by atoms with E-state index in [0.717, 1.165) is 10.6 Å². The zero-order valence-corrected chi connectivity index (χ0v) is 11.6. The molecule has 0 saturated heterocycles. The predicted molar refractivity (Wildman–Crippen MR) is 73.4 cm³/mol. The molecule has 1 aromatic rings. The van der Waals surface area contributed by atoms with Gasteiger partial charge in [-0.2, -0.15) is 0 Å². The van der Waals surface area contributed by atoms with Crippen molar-refractivity contribution in [1.29, 1.82) is 0 Å². The molecule has 0 bridgehead atoms. The van der Waals surface area contributed by atoms with Gasteiger partial charge < -0.3 is 10.0 Å². The maximum Gasteiger partial charge on any atom is 0.319 e. The molecule has 5 heteroatoms. The largest absolute Gasteiger partial charge is 0.480 e. The van der Waals surface area contributed by atoms with Crippen LogP contribution >= 0.6 is 23.5 Å². The summed E-state index contributed by atoms with van der Waals surface area (Å²) in [6.07, 6.45) is 2.02. The Kier molecular flexibility index (Phi) is 3.58. The third kappa shape index (κ3) is 2.26. The Morgan fingerprint density at radius 1 is 1.53 bits per heavy atom. The van der Waals surface area contributed by atoms with E-state index in [9.17, 15) is 9.90 Å². The highest BCUT2D eigenvalue weighted by Gasteiger charge is 2.34. The monoisotopic (exact) mass is 269 g/mol. The van der Waals surface area contributed by atoms with Crippen LogP contribution in [-0.4, -0.2) is 35.7 Å². The molecule has 17 heavy (non-hydrogen) atoms. The number of aliphatic carboxylic acids is 1. The first kappa shape index (κ1) is 12.6. The van der Waals surface area contributed by atoms with Gasteiger partial charge in [-0.1, -0.05) is 0 Å². The second kappa shape index (κ2) is 4.82. The highest BCUT2D eigenvalue weighted by Crippen LogP contribution is 2.42. The molecule has 1 aliphatic heterocycles. The van der Waals surface area contributed by atoms with Crippen LogP contribution in [0, 0.1) is 0 Å². The molecule has 92 valence electrons. The third-order valence-electron chi connectivity index (χ3n) is 3.09. The standard InChI is InChI=1S/C12H15NO2S2/c1-7-11(12(14)15)17-10-6-8(16-3)4-5-9(10)13(7)2/h4-7,11H,1-3H3,(H,14,15). The van der Waals surface area contributed by atoms with Crippen molar-refractivity contribution in [2.24, 2.45) is 0 Å². The van der Waals surface area contributed by atoms with Crippen LogP contribution in [-0.2, 0) is 4.79 Å². The van der Waals surface area contributed by atoms with Gasteiger partial charge in [0, 0.05) is 22.9 Å². The Hall–Kier alpha value is -0.810. The van der Waals surface area contributed by atoms with Gasteiger partial charge in [-0.3, -0.25) is 4.79 Å². The van der Waals surface area contributed by atoms with Crippen molar-refractivity contribution in [3.05, 3.63) is 18.2 Å². The molecular formula is C12H15NO2S2. The van der Waals surface area contributed by atoms with E-state index in [1.165, 1.54) is 16.7 Å². The van der Waals surface area contributed by atoms with Gasteiger partial charge in [-0.25, -0.2) is 0 Å². The van der Waals surface area contributed by atoms with Gasteiger partial charge >= 0.3 is 5.97 Å². The van der Waals surface area contributed by atoms with Crippen molar-refractivity contribution in [3.63, 3.8) is 0 Å². The van der Waals surface area contributed by atoms with Gasteiger partial charge in [0.25, 0.3) is 0 Å². The van der Waals surface area contributed by atoms with Crippen molar-refractivity contribution >= 4 is 35.2 Å². The topological polar surface area (TPSA) is 40.5 Å². The number of benzene rings is 1. The lowest BCUT2D eigenvalue weighted by Gasteiger charge is -2.37. The molecule has 0 fully saturated rings.